The number of nitrogens with one attached hydrogen (secondary N) is 1. The summed E-state index contributed by atoms with van der Waals surface area (Å²) >= 11 is 1.78. The van der Waals surface area contributed by atoms with Gasteiger partial charge in [0.1, 0.15) is 11.9 Å². The number of nitrogens with two attached hydrogens (primary N) is 1. The topological polar surface area (TPSA) is 59.1 Å². The molecule has 0 bridgehead atoms. The van der Waals surface area contributed by atoms with Gasteiger partial charge < -0.3 is 10.5 Å². The van der Waals surface area contributed by atoms with E-state index >= 15 is 0 Å². The van der Waals surface area contributed by atoms with Crippen molar-refractivity contribution in [2.45, 2.75) is 31.8 Å². The average Bonchev–Trinajstić information content (AvgIpc) is 2.28. The van der Waals surface area contributed by atoms with Crippen LogP contribution in [0.15, 0.2) is 23.1 Å². The molecule has 0 heterocycles. The molecule has 94 valence electrons. The number of hydrogen-bond donors (Lipinski definition) is 2. The number of benzene rings is 1. The summed E-state index contributed by atoms with van der Waals surface area (Å²) in [5.41, 5.74) is 7.89. The van der Waals surface area contributed by atoms with E-state index in [0.717, 1.165) is 5.75 Å². The molecule has 17 heavy (non-hydrogen) atoms. The van der Waals surface area contributed by atoms with Gasteiger partial charge in [0, 0.05) is 10.6 Å². The van der Waals surface area contributed by atoms with E-state index in [9.17, 15) is 0 Å². The quantitative estimate of drug-likeness (QED) is 0.354. The van der Waals surface area contributed by atoms with Crippen molar-refractivity contribution in [1.29, 1.82) is 5.41 Å². The number of hydrogen-bond acceptors (Lipinski definition) is 3. The van der Waals surface area contributed by atoms with E-state index in [-0.39, 0.29) is 11.9 Å². The summed E-state index contributed by atoms with van der Waals surface area (Å²) in [6, 6.07) is 6.44. The maximum Gasteiger partial charge on any atom is 0.120 e. The molecule has 1 rings (SSSR count). The lowest BCUT2D eigenvalue weighted by molar-refractivity contribution is 0.123. The van der Waals surface area contributed by atoms with Gasteiger partial charge in [-0.15, -0.1) is 11.8 Å². The van der Waals surface area contributed by atoms with Crippen LogP contribution in [0, 0.1) is 19.3 Å². The van der Waals surface area contributed by atoms with Crippen LogP contribution in [0.2, 0.25) is 0 Å². The van der Waals surface area contributed by atoms with Crippen LogP contribution in [0.5, 0.6) is 0 Å². The molecule has 3 nitrogen and oxygen atoms in total. The molecule has 0 radical (unpaired) electrons. The maximum atomic E-state index is 7.21. The number of thioether (sulfide) groups is 1. The zero-order valence-electron chi connectivity index (χ0n) is 10.6. The Balaban J connectivity index is 2.36. The number of aryl methyl sites for hydroxylation is 2. The summed E-state index contributed by atoms with van der Waals surface area (Å²) in [4.78, 5) is 1.30. The largest absolute Gasteiger partial charge is 0.385 e. The SMILES string of the molecule is Cc1ccc(C)c(SCCOC(C)C(=N)N)c1. The van der Waals surface area contributed by atoms with Gasteiger partial charge in [-0.2, -0.15) is 0 Å². The van der Waals surface area contributed by atoms with Crippen molar-refractivity contribution in [3.05, 3.63) is 29.3 Å². The lowest BCUT2D eigenvalue weighted by atomic mass is 10.2. The molecule has 0 aliphatic heterocycles. The van der Waals surface area contributed by atoms with Gasteiger partial charge in [0.05, 0.1) is 6.61 Å². The Hall–Kier alpha value is -1.00. The van der Waals surface area contributed by atoms with Gasteiger partial charge in [0.25, 0.3) is 0 Å². The molecule has 1 atom stereocenters. The zero-order valence-corrected chi connectivity index (χ0v) is 11.4. The van der Waals surface area contributed by atoms with Crippen LogP contribution in [0.1, 0.15) is 18.1 Å². The van der Waals surface area contributed by atoms with Crippen molar-refractivity contribution >= 4 is 17.6 Å². The molecule has 0 amide bonds. The Kier molecular flexibility index (Phi) is 5.51. The van der Waals surface area contributed by atoms with Crippen LogP contribution in [0.4, 0.5) is 0 Å². The van der Waals surface area contributed by atoms with Crippen molar-refractivity contribution in [2.24, 2.45) is 5.73 Å². The van der Waals surface area contributed by atoms with E-state index in [1.165, 1.54) is 16.0 Å². The molecule has 1 aromatic carbocycles. The third-order valence-corrected chi connectivity index (χ3v) is 3.61. The fourth-order valence-corrected chi connectivity index (χ4v) is 2.29. The summed E-state index contributed by atoms with van der Waals surface area (Å²) in [6.07, 6.45) is -0.283. The zero-order chi connectivity index (χ0) is 12.8. The Morgan fingerprint density at radius 2 is 2.18 bits per heavy atom. The highest BCUT2D eigenvalue weighted by Gasteiger charge is 2.05. The second-order valence-electron chi connectivity index (χ2n) is 4.09. The summed E-state index contributed by atoms with van der Waals surface area (Å²) in [5, 5.41) is 7.21. The molecule has 1 unspecified atom stereocenters. The highest BCUT2D eigenvalue weighted by Crippen LogP contribution is 2.23. The van der Waals surface area contributed by atoms with Gasteiger partial charge in [0.15, 0.2) is 0 Å². The molecule has 0 spiro atoms. The molecule has 0 aliphatic carbocycles. The average molecular weight is 252 g/mol. The summed E-state index contributed by atoms with van der Waals surface area (Å²) in [7, 11) is 0. The van der Waals surface area contributed by atoms with Crippen molar-refractivity contribution in [3.63, 3.8) is 0 Å². The Morgan fingerprint density at radius 1 is 1.47 bits per heavy atom. The highest BCUT2D eigenvalue weighted by atomic mass is 32.2. The molecule has 1 aromatic rings. The van der Waals surface area contributed by atoms with Gasteiger partial charge in [-0.25, -0.2) is 0 Å². The summed E-state index contributed by atoms with van der Waals surface area (Å²) in [6.45, 7) is 6.61. The number of ether oxygens (including phenoxy) is 1. The van der Waals surface area contributed by atoms with Gasteiger partial charge in [-0.1, -0.05) is 17.7 Å². The Bertz CT molecular complexity index is 393. The van der Waals surface area contributed by atoms with Crippen LogP contribution >= 0.6 is 11.8 Å². The highest BCUT2D eigenvalue weighted by molar-refractivity contribution is 7.99. The predicted molar refractivity (Wildman–Crippen MR) is 74.0 cm³/mol. The van der Waals surface area contributed by atoms with Crippen molar-refractivity contribution < 1.29 is 4.74 Å². The minimum atomic E-state index is -0.283. The molecule has 3 N–H and O–H groups in total. The standard InChI is InChI=1S/C13H20N2OS/c1-9-4-5-10(2)12(8-9)17-7-6-16-11(3)13(14)15/h4-5,8,11H,6-7H2,1-3H3,(H3,14,15). The Morgan fingerprint density at radius 3 is 2.82 bits per heavy atom. The minimum absolute atomic E-state index is 0.0849. The molecule has 0 aromatic heterocycles. The van der Waals surface area contributed by atoms with E-state index in [2.05, 4.69) is 32.0 Å². The lowest BCUT2D eigenvalue weighted by Crippen LogP contribution is -2.28. The molecular weight excluding hydrogens is 232 g/mol. The van der Waals surface area contributed by atoms with Crippen molar-refractivity contribution in [2.75, 3.05) is 12.4 Å². The van der Waals surface area contributed by atoms with Crippen LogP contribution in [-0.4, -0.2) is 24.3 Å². The second-order valence-corrected chi connectivity index (χ2v) is 5.22. The van der Waals surface area contributed by atoms with E-state index in [1.54, 1.807) is 18.7 Å². The van der Waals surface area contributed by atoms with E-state index < -0.39 is 0 Å². The summed E-state index contributed by atoms with van der Waals surface area (Å²) in [5.74, 6) is 0.962. The van der Waals surface area contributed by atoms with Crippen molar-refractivity contribution in [3.8, 4) is 0 Å². The molecule has 0 saturated heterocycles. The summed E-state index contributed by atoms with van der Waals surface area (Å²) < 4.78 is 5.42. The molecule has 0 saturated carbocycles. The molecule has 0 fully saturated rings. The third kappa shape index (κ3) is 4.79. The Labute approximate surface area is 107 Å². The lowest BCUT2D eigenvalue weighted by Gasteiger charge is -2.11. The fraction of sp³-hybridized carbons (Fsp3) is 0.462. The fourth-order valence-electron chi connectivity index (χ4n) is 1.33. The van der Waals surface area contributed by atoms with E-state index in [1.807, 2.05) is 0 Å². The predicted octanol–water partition coefficient (Wildman–Crippen LogP) is 2.74. The smallest absolute Gasteiger partial charge is 0.120 e. The van der Waals surface area contributed by atoms with Gasteiger partial charge in [-0.05, 0) is 32.4 Å². The van der Waals surface area contributed by atoms with Crippen LogP contribution in [-0.2, 0) is 4.74 Å². The minimum Gasteiger partial charge on any atom is -0.385 e. The number of amidine groups is 1. The van der Waals surface area contributed by atoms with Gasteiger partial charge in [-0.3, -0.25) is 5.41 Å². The first-order chi connectivity index (χ1) is 8.00. The first-order valence-corrected chi connectivity index (χ1v) is 6.65. The second kappa shape index (κ2) is 6.67. The van der Waals surface area contributed by atoms with Crippen LogP contribution in [0.3, 0.4) is 0 Å². The monoisotopic (exact) mass is 252 g/mol. The first kappa shape index (κ1) is 14.1. The van der Waals surface area contributed by atoms with E-state index in [4.69, 9.17) is 15.9 Å². The molecular formula is C13H20N2OS. The third-order valence-electron chi connectivity index (χ3n) is 2.49. The first-order valence-electron chi connectivity index (χ1n) is 5.66. The molecule has 0 aliphatic rings. The molecule has 4 heteroatoms. The maximum absolute atomic E-state index is 7.21. The van der Waals surface area contributed by atoms with Gasteiger partial charge >= 0.3 is 0 Å². The van der Waals surface area contributed by atoms with E-state index in [0.29, 0.717) is 6.61 Å². The van der Waals surface area contributed by atoms with Gasteiger partial charge in [0.2, 0.25) is 0 Å². The van der Waals surface area contributed by atoms with Crippen LogP contribution in [0.25, 0.3) is 0 Å². The van der Waals surface area contributed by atoms with Crippen LogP contribution < -0.4 is 5.73 Å². The number of rotatable bonds is 6. The van der Waals surface area contributed by atoms with Crippen molar-refractivity contribution in [1.82, 2.24) is 0 Å². The normalized spacial score (nSPS) is 12.4.